The van der Waals surface area contributed by atoms with Crippen LogP contribution in [0.1, 0.15) is 28.9 Å². The van der Waals surface area contributed by atoms with Gasteiger partial charge in [0.15, 0.2) is 0 Å². The minimum Gasteiger partial charge on any atom is -0.345 e. The van der Waals surface area contributed by atoms with Crippen molar-refractivity contribution in [3.63, 3.8) is 0 Å². The first-order chi connectivity index (χ1) is 15.3. The Morgan fingerprint density at radius 3 is 2.38 bits per heavy atom. The largest absolute Gasteiger partial charge is 0.345 e. The van der Waals surface area contributed by atoms with Gasteiger partial charge in [-0.25, -0.2) is 18.2 Å². The van der Waals surface area contributed by atoms with E-state index in [1.165, 1.54) is 12.1 Å². The molecule has 1 amide bonds. The van der Waals surface area contributed by atoms with Gasteiger partial charge >= 0.3 is 0 Å². The van der Waals surface area contributed by atoms with Crippen LogP contribution in [0.3, 0.4) is 0 Å². The van der Waals surface area contributed by atoms with Gasteiger partial charge in [0.05, 0.1) is 22.2 Å². The Bertz CT molecular complexity index is 1340. The van der Waals surface area contributed by atoms with Crippen molar-refractivity contribution in [1.82, 2.24) is 20.1 Å². The summed E-state index contributed by atoms with van der Waals surface area (Å²) in [7, 11) is -3.78. The summed E-state index contributed by atoms with van der Waals surface area (Å²) in [6, 6.07) is 18.8. The molecule has 162 valence electrons. The van der Waals surface area contributed by atoms with E-state index in [1.807, 2.05) is 43.3 Å². The van der Waals surface area contributed by atoms with Gasteiger partial charge in [0, 0.05) is 24.2 Å². The monoisotopic (exact) mass is 447 g/mol. The van der Waals surface area contributed by atoms with Crippen LogP contribution in [-0.4, -0.2) is 29.1 Å². The molecule has 0 radical (unpaired) electrons. The Hall–Kier alpha value is -3.82. The van der Waals surface area contributed by atoms with E-state index in [4.69, 9.17) is 5.14 Å². The quantitative estimate of drug-likeness (QED) is 0.471. The topological polar surface area (TPSA) is 120 Å². The number of primary sulfonamides is 1. The molecule has 0 aliphatic carbocycles. The van der Waals surface area contributed by atoms with Gasteiger partial charge in [-0.3, -0.25) is 9.78 Å². The number of nitrogens with two attached hydrogens (primary N) is 1. The van der Waals surface area contributed by atoms with E-state index in [-0.39, 0.29) is 16.8 Å². The van der Waals surface area contributed by atoms with Crippen molar-refractivity contribution in [2.24, 2.45) is 5.14 Å². The fourth-order valence-corrected chi connectivity index (χ4v) is 3.79. The van der Waals surface area contributed by atoms with Crippen molar-refractivity contribution in [2.75, 3.05) is 0 Å². The number of rotatable bonds is 6. The van der Waals surface area contributed by atoms with Crippen LogP contribution in [0.4, 0.5) is 0 Å². The summed E-state index contributed by atoms with van der Waals surface area (Å²) in [6.07, 6.45) is 5.00. The number of amides is 1. The summed E-state index contributed by atoms with van der Waals surface area (Å²) in [5, 5.41) is 12.7. The molecule has 0 spiro atoms. The third-order valence-corrected chi connectivity index (χ3v) is 5.90. The lowest BCUT2D eigenvalue weighted by molar-refractivity contribution is 0.0940. The SMILES string of the molecule is CC(NC(=O)c1cn(-c2ccccc2)nc1-c1cccnc1)c1ccc(S(N)(=O)=O)cc1. The van der Waals surface area contributed by atoms with Crippen molar-refractivity contribution >= 4 is 15.9 Å². The van der Waals surface area contributed by atoms with Gasteiger partial charge in [-0.2, -0.15) is 5.10 Å². The normalized spacial score (nSPS) is 12.3. The van der Waals surface area contributed by atoms with E-state index in [0.29, 0.717) is 11.3 Å². The van der Waals surface area contributed by atoms with Crippen molar-refractivity contribution < 1.29 is 13.2 Å². The Kier molecular flexibility index (Phi) is 5.85. The van der Waals surface area contributed by atoms with Gasteiger partial charge < -0.3 is 5.32 Å². The maximum atomic E-state index is 13.2. The minimum atomic E-state index is -3.78. The molecule has 0 saturated heterocycles. The fourth-order valence-electron chi connectivity index (χ4n) is 3.27. The molecule has 0 fully saturated rings. The molecule has 0 aliphatic rings. The molecular formula is C23H21N5O3S. The Morgan fingerprint density at radius 1 is 1.03 bits per heavy atom. The number of nitrogens with zero attached hydrogens (tertiary/aromatic N) is 3. The van der Waals surface area contributed by atoms with Gasteiger partial charge in [-0.05, 0) is 48.9 Å². The van der Waals surface area contributed by atoms with E-state index in [0.717, 1.165) is 16.8 Å². The second-order valence-electron chi connectivity index (χ2n) is 7.22. The first-order valence-electron chi connectivity index (χ1n) is 9.82. The zero-order valence-corrected chi connectivity index (χ0v) is 18.0. The average Bonchev–Trinajstić information content (AvgIpc) is 3.25. The predicted octanol–water partition coefficient (Wildman–Crippen LogP) is 3.07. The summed E-state index contributed by atoms with van der Waals surface area (Å²) in [6.45, 7) is 1.81. The Balaban J connectivity index is 1.64. The number of hydrogen-bond donors (Lipinski definition) is 2. The highest BCUT2D eigenvalue weighted by molar-refractivity contribution is 7.89. The number of carbonyl (C=O) groups excluding carboxylic acids is 1. The number of hydrogen-bond acceptors (Lipinski definition) is 5. The van der Waals surface area contributed by atoms with Crippen LogP contribution < -0.4 is 10.5 Å². The highest BCUT2D eigenvalue weighted by Crippen LogP contribution is 2.24. The number of para-hydroxylation sites is 1. The zero-order valence-electron chi connectivity index (χ0n) is 17.2. The van der Waals surface area contributed by atoms with Crippen molar-refractivity contribution in [3.05, 3.63) is 96.4 Å². The number of nitrogens with one attached hydrogen (secondary N) is 1. The van der Waals surface area contributed by atoms with E-state index in [9.17, 15) is 13.2 Å². The molecule has 0 aliphatic heterocycles. The lowest BCUT2D eigenvalue weighted by Gasteiger charge is -2.14. The fraction of sp³-hybridized carbons (Fsp3) is 0.0870. The predicted molar refractivity (Wildman–Crippen MR) is 120 cm³/mol. The number of benzene rings is 2. The first kappa shape index (κ1) is 21.4. The van der Waals surface area contributed by atoms with E-state index in [1.54, 1.807) is 41.5 Å². The molecule has 2 aromatic heterocycles. The highest BCUT2D eigenvalue weighted by atomic mass is 32.2. The second kappa shape index (κ2) is 8.74. The second-order valence-corrected chi connectivity index (χ2v) is 8.78. The molecule has 1 unspecified atom stereocenters. The smallest absolute Gasteiger partial charge is 0.255 e. The maximum Gasteiger partial charge on any atom is 0.255 e. The highest BCUT2D eigenvalue weighted by Gasteiger charge is 2.21. The van der Waals surface area contributed by atoms with Gasteiger partial charge in [-0.1, -0.05) is 30.3 Å². The average molecular weight is 448 g/mol. The molecule has 2 aromatic carbocycles. The van der Waals surface area contributed by atoms with Crippen LogP contribution in [0.25, 0.3) is 16.9 Å². The van der Waals surface area contributed by atoms with Gasteiger partial charge in [0.25, 0.3) is 5.91 Å². The van der Waals surface area contributed by atoms with Gasteiger partial charge in [0.1, 0.15) is 5.69 Å². The first-order valence-corrected chi connectivity index (χ1v) is 11.4. The Labute approximate surface area is 185 Å². The Morgan fingerprint density at radius 2 is 1.75 bits per heavy atom. The van der Waals surface area contributed by atoms with Crippen molar-refractivity contribution in [3.8, 4) is 16.9 Å². The summed E-state index contributed by atoms with van der Waals surface area (Å²) < 4.78 is 24.6. The molecule has 2 heterocycles. The molecule has 32 heavy (non-hydrogen) atoms. The lowest BCUT2D eigenvalue weighted by Crippen LogP contribution is -2.27. The zero-order chi connectivity index (χ0) is 22.7. The summed E-state index contributed by atoms with van der Waals surface area (Å²) >= 11 is 0. The lowest BCUT2D eigenvalue weighted by atomic mass is 10.1. The van der Waals surface area contributed by atoms with Gasteiger partial charge in [-0.15, -0.1) is 0 Å². The van der Waals surface area contributed by atoms with Gasteiger partial charge in [0.2, 0.25) is 10.0 Å². The molecule has 3 N–H and O–H groups in total. The summed E-state index contributed by atoms with van der Waals surface area (Å²) in [5.41, 5.74) is 3.19. The third kappa shape index (κ3) is 4.58. The molecular weight excluding hydrogens is 426 g/mol. The van der Waals surface area contributed by atoms with Crippen LogP contribution in [0.5, 0.6) is 0 Å². The number of sulfonamides is 1. The van der Waals surface area contributed by atoms with Crippen LogP contribution in [-0.2, 0) is 10.0 Å². The minimum absolute atomic E-state index is 0.0165. The van der Waals surface area contributed by atoms with Crippen LogP contribution in [0, 0.1) is 0 Å². The van der Waals surface area contributed by atoms with Crippen LogP contribution in [0.2, 0.25) is 0 Å². The number of aromatic nitrogens is 3. The maximum absolute atomic E-state index is 13.2. The van der Waals surface area contributed by atoms with Crippen molar-refractivity contribution in [1.29, 1.82) is 0 Å². The molecule has 8 nitrogen and oxygen atoms in total. The third-order valence-electron chi connectivity index (χ3n) is 4.97. The molecule has 4 aromatic rings. The van der Waals surface area contributed by atoms with E-state index in [2.05, 4.69) is 15.4 Å². The molecule has 0 saturated carbocycles. The number of pyridine rings is 1. The number of carbonyl (C=O) groups is 1. The molecule has 1 atom stereocenters. The van der Waals surface area contributed by atoms with Crippen LogP contribution >= 0.6 is 0 Å². The summed E-state index contributed by atoms with van der Waals surface area (Å²) in [5.74, 6) is -0.311. The molecule has 4 rings (SSSR count). The standard InChI is InChI=1S/C23H21N5O3S/c1-16(17-9-11-20(12-10-17)32(24,30)31)26-23(29)21-15-28(19-7-3-2-4-8-19)27-22(21)18-6-5-13-25-14-18/h2-16H,1H3,(H,26,29)(H2,24,30,31). The van der Waals surface area contributed by atoms with Crippen LogP contribution in [0.15, 0.2) is 90.2 Å². The molecule has 9 heteroatoms. The van der Waals surface area contributed by atoms with E-state index < -0.39 is 10.0 Å². The molecule has 0 bridgehead atoms. The summed E-state index contributed by atoms with van der Waals surface area (Å²) in [4.78, 5) is 17.3. The van der Waals surface area contributed by atoms with Crippen molar-refractivity contribution in [2.45, 2.75) is 17.9 Å². The van der Waals surface area contributed by atoms with E-state index >= 15 is 0 Å².